The first-order valence-electron chi connectivity index (χ1n) is 5.74. The zero-order valence-electron chi connectivity index (χ0n) is 10.2. The lowest BCUT2D eigenvalue weighted by Crippen LogP contribution is -1.87. The van der Waals surface area contributed by atoms with Gasteiger partial charge in [0.2, 0.25) is 0 Å². The number of fused-ring (bicyclic) bond motifs is 1. The Kier molecular flexibility index (Phi) is 3.83. The third kappa shape index (κ3) is 3.13. The molecule has 0 aliphatic carbocycles. The molecule has 3 rings (SSSR count). The van der Waals surface area contributed by atoms with Gasteiger partial charge in [0.25, 0.3) is 0 Å². The van der Waals surface area contributed by atoms with E-state index in [4.69, 9.17) is 10.8 Å². The Hall–Kier alpha value is -2.75. The normalized spacial score (nSPS) is 9.68. The number of hydrogen-bond donors (Lipinski definition) is 3. The summed E-state index contributed by atoms with van der Waals surface area (Å²) in [4.78, 5) is 3.61. The Labute approximate surface area is 110 Å². The van der Waals surface area contributed by atoms with Gasteiger partial charge in [0.05, 0.1) is 0 Å². The van der Waals surface area contributed by atoms with Crippen LogP contribution in [0.15, 0.2) is 60.8 Å². The smallest absolute Gasteiger partial charge is 0.165 e. The van der Waals surface area contributed by atoms with Crippen molar-refractivity contribution in [3.8, 4) is 11.5 Å². The van der Waals surface area contributed by atoms with E-state index >= 15 is 0 Å². The molecule has 3 aromatic rings. The van der Waals surface area contributed by atoms with Crippen molar-refractivity contribution in [1.82, 2.24) is 4.98 Å². The minimum Gasteiger partial charge on any atom is -0.507 e. The van der Waals surface area contributed by atoms with Crippen LogP contribution in [0.3, 0.4) is 0 Å². The molecule has 96 valence electrons. The Morgan fingerprint density at radius 2 is 1.47 bits per heavy atom. The molecule has 4 nitrogen and oxygen atoms in total. The topological polar surface area (TPSA) is 79.4 Å². The number of nitrogens with two attached hydrogens (primary N) is 1. The fourth-order valence-corrected chi connectivity index (χ4v) is 1.62. The molecule has 0 radical (unpaired) electrons. The molecule has 0 saturated carbocycles. The molecule has 0 fully saturated rings. The lowest BCUT2D eigenvalue weighted by molar-refractivity contribution is 0.476. The van der Waals surface area contributed by atoms with Gasteiger partial charge < -0.3 is 15.9 Å². The predicted molar refractivity (Wildman–Crippen MR) is 75.9 cm³/mol. The lowest BCUT2D eigenvalue weighted by atomic mass is 10.1. The van der Waals surface area contributed by atoms with E-state index in [9.17, 15) is 5.11 Å². The van der Waals surface area contributed by atoms with Gasteiger partial charge in [-0.25, -0.2) is 4.98 Å². The lowest BCUT2D eigenvalue weighted by Gasteiger charge is -1.97. The maximum absolute atomic E-state index is 9.37. The molecule has 1 heterocycles. The second-order valence-electron chi connectivity index (χ2n) is 3.91. The highest BCUT2D eigenvalue weighted by Crippen LogP contribution is 2.22. The first kappa shape index (κ1) is 12.7. The summed E-state index contributed by atoms with van der Waals surface area (Å²) in [7, 11) is 0. The number of aromatic nitrogens is 1. The van der Waals surface area contributed by atoms with E-state index in [1.807, 2.05) is 36.4 Å². The third-order valence-electron chi connectivity index (χ3n) is 2.58. The standard InChI is InChI=1S/C10H8O.C5H6N2O/c11-10-7-3-5-8-4-1-2-6-9(8)10;6-5-4(8)2-1-3-7-5/h1-7,11H;1-3,8H,(H2,6,7). The second-order valence-corrected chi connectivity index (χ2v) is 3.91. The van der Waals surface area contributed by atoms with Gasteiger partial charge in [-0.1, -0.05) is 36.4 Å². The number of anilines is 1. The molecule has 1 aromatic heterocycles. The fourth-order valence-electron chi connectivity index (χ4n) is 1.62. The van der Waals surface area contributed by atoms with Crippen molar-refractivity contribution in [2.24, 2.45) is 0 Å². The van der Waals surface area contributed by atoms with Gasteiger partial charge in [-0.05, 0) is 23.6 Å². The van der Waals surface area contributed by atoms with Crippen molar-refractivity contribution >= 4 is 16.6 Å². The molecule has 0 atom stereocenters. The summed E-state index contributed by atoms with van der Waals surface area (Å²) in [5.74, 6) is 0.558. The number of hydrogen-bond acceptors (Lipinski definition) is 4. The summed E-state index contributed by atoms with van der Waals surface area (Å²) < 4.78 is 0. The van der Waals surface area contributed by atoms with Crippen LogP contribution < -0.4 is 5.73 Å². The maximum Gasteiger partial charge on any atom is 0.165 e. The van der Waals surface area contributed by atoms with Crippen molar-refractivity contribution in [2.45, 2.75) is 0 Å². The van der Waals surface area contributed by atoms with Crippen molar-refractivity contribution in [2.75, 3.05) is 5.73 Å². The summed E-state index contributed by atoms with van der Waals surface area (Å²) >= 11 is 0. The van der Waals surface area contributed by atoms with Crippen molar-refractivity contribution in [3.63, 3.8) is 0 Å². The molecule has 0 spiro atoms. The van der Waals surface area contributed by atoms with E-state index in [0.717, 1.165) is 10.8 Å². The van der Waals surface area contributed by atoms with E-state index in [-0.39, 0.29) is 11.6 Å². The van der Waals surface area contributed by atoms with E-state index in [1.54, 1.807) is 12.1 Å². The molecule has 0 aliphatic rings. The largest absolute Gasteiger partial charge is 0.507 e. The zero-order valence-corrected chi connectivity index (χ0v) is 10.2. The molecule has 4 N–H and O–H groups in total. The van der Waals surface area contributed by atoms with Gasteiger partial charge >= 0.3 is 0 Å². The maximum atomic E-state index is 9.37. The van der Waals surface area contributed by atoms with Crippen LogP contribution in [0.25, 0.3) is 10.8 Å². The van der Waals surface area contributed by atoms with Gasteiger partial charge in [-0.15, -0.1) is 0 Å². The van der Waals surface area contributed by atoms with Gasteiger partial charge in [0, 0.05) is 11.6 Å². The van der Waals surface area contributed by atoms with E-state index in [1.165, 1.54) is 12.3 Å². The Morgan fingerprint density at radius 1 is 0.789 bits per heavy atom. The van der Waals surface area contributed by atoms with Crippen LogP contribution in [0.2, 0.25) is 0 Å². The number of benzene rings is 2. The Morgan fingerprint density at radius 3 is 2.11 bits per heavy atom. The Bertz CT molecular complexity index is 657. The molecule has 19 heavy (non-hydrogen) atoms. The summed E-state index contributed by atoms with van der Waals surface area (Å²) in [5, 5.41) is 20.1. The van der Waals surface area contributed by atoms with Gasteiger partial charge in [-0.2, -0.15) is 0 Å². The van der Waals surface area contributed by atoms with E-state index in [0.29, 0.717) is 5.75 Å². The third-order valence-corrected chi connectivity index (χ3v) is 2.58. The molecule has 0 saturated heterocycles. The highest BCUT2D eigenvalue weighted by molar-refractivity contribution is 5.87. The molecular weight excluding hydrogens is 240 g/mol. The zero-order chi connectivity index (χ0) is 13.7. The first-order valence-corrected chi connectivity index (χ1v) is 5.74. The minimum absolute atomic E-state index is 0.0347. The van der Waals surface area contributed by atoms with Crippen LogP contribution in [-0.2, 0) is 0 Å². The SMILES string of the molecule is Nc1ncccc1O.Oc1cccc2ccccc12. The quantitative estimate of drug-likeness (QED) is 0.576. The van der Waals surface area contributed by atoms with E-state index in [2.05, 4.69) is 4.98 Å². The number of pyridine rings is 1. The van der Waals surface area contributed by atoms with Gasteiger partial charge in [0.15, 0.2) is 11.6 Å². The monoisotopic (exact) mass is 254 g/mol. The number of phenolic OH excluding ortho intramolecular Hbond substituents is 1. The van der Waals surface area contributed by atoms with Crippen LogP contribution >= 0.6 is 0 Å². The number of aromatic hydroxyl groups is 2. The molecule has 0 unspecified atom stereocenters. The molecule has 0 amide bonds. The van der Waals surface area contributed by atoms with Crippen molar-refractivity contribution in [3.05, 3.63) is 60.8 Å². The van der Waals surface area contributed by atoms with Gasteiger partial charge in [0.1, 0.15) is 5.75 Å². The highest BCUT2D eigenvalue weighted by atomic mass is 16.3. The summed E-state index contributed by atoms with van der Waals surface area (Å²) in [6.45, 7) is 0. The Balaban J connectivity index is 0.000000148. The molecule has 0 bridgehead atoms. The number of nitrogen functional groups attached to an aromatic ring is 1. The van der Waals surface area contributed by atoms with Crippen molar-refractivity contribution < 1.29 is 10.2 Å². The first-order chi connectivity index (χ1) is 9.18. The number of nitrogens with zero attached hydrogens (tertiary/aromatic N) is 1. The van der Waals surface area contributed by atoms with Crippen LogP contribution in [-0.4, -0.2) is 15.2 Å². The molecule has 0 aliphatic heterocycles. The van der Waals surface area contributed by atoms with E-state index < -0.39 is 0 Å². The molecule has 2 aromatic carbocycles. The van der Waals surface area contributed by atoms with Crippen LogP contribution in [0.5, 0.6) is 11.5 Å². The molecule has 4 heteroatoms. The molecular formula is C15H14N2O2. The highest BCUT2D eigenvalue weighted by Gasteiger charge is 1.94. The summed E-state index contributed by atoms with van der Waals surface area (Å²) in [6, 6.07) is 16.4. The number of rotatable bonds is 0. The number of phenols is 1. The minimum atomic E-state index is 0.0347. The van der Waals surface area contributed by atoms with Gasteiger partial charge in [-0.3, -0.25) is 0 Å². The summed E-state index contributed by atoms with van der Waals surface area (Å²) in [5.41, 5.74) is 5.16. The second kappa shape index (κ2) is 5.73. The average molecular weight is 254 g/mol. The summed E-state index contributed by atoms with van der Waals surface area (Å²) in [6.07, 6.45) is 1.52. The fraction of sp³-hybridized carbons (Fsp3) is 0. The van der Waals surface area contributed by atoms with Crippen LogP contribution in [0.4, 0.5) is 5.82 Å². The van der Waals surface area contributed by atoms with Crippen LogP contribution in [0, 0.1) is 0 Å². The average Bonchev–Trinajstić information content (AvgIpc) is 2.44. The predicted octanol–water partition coefficient (Wildman–Crippen LogP) is 2.91. The van der Waals surface area contributed by atoms with Crippen molar-refractivity contribution in [1.29, 1.82) is 0 Å². The van der Waals surface area contributed by atoms with Crippen LogP contribution in [0.1, 0.15) is 0 Å².